The highest BCUT2D eigenvalue weighted by atomic mass is 35.5. The molecule has 0 N–H and O–H groups in total. The molecule has 0 saturated carbocycles. The van der Waals surface area contributed by atoms with Crippen molar-refractivity contribution >= 4 is 11.6 Å². The summed E-state index contributed by atoms with van der Waals surface area (Å²) in [5.41, 5.74) is -0.419. The molecule has 3 heteroatoms. The van der Waals surface area contributed by atoms with E-state index >= 15 is 0 Å². The maximum atomic E-state index is 5.26. The van der Waals surface area contributed by atoms with Gasteiger partial charge in [-0.25, -0.2) is 0 Å². The van der Waals surface area contributed by atoms with E-state index in [0.29, 0.717) is 0 Å². The summed E-state index contributed by atoms with van der Waals surface area (Å²) in [4.78, 5) is 8.57. The van der Waals surface area contributed by atoms with Crippen molar-refractivity contribution in [2.24, 2.45) is 0 Å². The third-order valence-electron chi connectivity index (χ3n) is 0.256. The third-order valence-corrected chi connectivity index (χ3v) is 0.329. The summed E-state index contributed by atoms with van der Waals surface area (Å²) >= 11 is 5.26. The van der Waals surface area contributed by atoms with Crippen LogP contribution in [0.15, 0.2) is 12.8 Å². The van der Waals surface area contributed by atoms with Crippen molar-refractivity contribution in [1.29, 1.82) is 0 Å². The summed E-state index contributed by atoms with van der Waals surface area (Å²) in [6, 6.07) is 0. The molecule has 0 aromatic rings. The zero-order chi connectivity index (χ0) is 5.70. The molecule has 42 valence electrons. The monoisotopic (exact) mass is 122 g/mol. The van der Waals surface area contributed by atoms with Gasteiger partial charge in [-0.2, -0.15) is 4.89 Å². The lowest BCUT2D eigenvalue weighted by molar-refractivity contribution is -0.257. The Balaban J connectivity index is 2.81. The van der Waals surface area contributed by atoms with Crippen LogP contribution >= 0.6 is 11.6 Å². The third kappa shape index (κ3) is 5.79. The normalized spacial score (nSPS) is 12.9. The van der Waals surface area contributed by atoms with Gasteiger partial charge in [-0.05, 0) is 6.92 Å². The number of rotatable bonds is 3. The van der Waals surface area contributed by atoms with Crippen molar-refractivity contribution in [3.05, 3.63) is 12.8 Å². The van der Waals surface area contributed by atoms with E-state index in [1.165, 1.54) is 6.26 Å². The zero-order valence-electron chi connectivity index (χ0n) is 4.06. The number of halogens is 1. The molecule has 0 heterocycles. The lowest BCUT2D eigenvalue weighted by Crippen LogP contribution is -1.95. The standard InChI is InChI=1S/C4H7ClO2/c1-3-6-7-4(2)5/h3-4H,1H2,2H3. The molecular formula is C4H7ClO2. The van der Waals surface area contributed by atoms with Gasteiger partial charge in [0, 0.05) is 0 Å². The van der Waals surface area contributed by atoms with Gasteiger partial charge < -0.3 is 4.89 Å². The zero-order valence-corrected chi connectivity index (χ0v) is 4.81. The molecule has 0 aliphatic rings. The first-order chi connectivity index (χ1) is 3.27. The second-order valence-corrected chi connectivity index (χ2v) is 1.52. The second kappa shape index (κ2) is 3.96. The Morgan fingerprint density at radius 2 is 2.43 bits per heavy atom. The molecule has 0 aliphatic heterocycles. The molecule has 0 rings (SSSR count). The smallest absolute Gasteiger partial charge is 0.175 e. The van der Waals surface area contributed by atoms with Gasteiger partial charge in [0.2, 0.25) is 0 Å². The fourth-order valence-electron chi connectivity index (χ4n) is 0.116. The Kier molecular flexibility index (Phi) is 3.84. The van der Waals surface area contributed by atoms with E-state index in [1.54, 1.807) is 6.92 Å². The van der Waals surface area contributed by atoms with Crippen molar-refractivity contribution in [3.63, 3.8) is 0 Å². The van der Waals surface area contributed by atoms with Crippen LogP contribution in [0.2, 0.25) is 0 Å². The average molecular weight is 123 g/mol. The van der Waals surface area contributed by atoms with E-state index in [2.05, 4.69) is 16.4 Å². The summed E-state index contributed by atoms with van der Waals surface area (Å²) in [5, 5.41) is 0. The Hall–Kier alpha value is -0.210. The predicted molar refractivity (Wildman–Crippen MR) is 27.7 cm³/mol. The predicted octanol–water partition coefficient (Wildman–Crippen LogP) is 1.66. The van der Waals surface area contributed by atoms with Crippen LogP contribution in [0.25, 0.3) is 0 Å². The average Bonchev–Trinajstić information content (AvgIpc) is 1.61. The van der Waals surface area contributed by atoms with E-state index in [4.69, 9.17) is 11.6 Å². The molecule has 0 saturated heterocycles. The van der Waals surface area contributed by atoms with E-state index < -0.39 is 5.56 Å². The van der Waals surface area contributed by atoms with Crippen molar-refractivity contribution < 1.29 is 9.78 Å². The first-order valence-corrected chi connectivity index (χ1v) is 2.28. The molecule has 0 radical (unpaired) electrons. The molecule has 0 fully saturated rings. The highest BCUT2D eigenvalue weighted by Gasteiger charge is 1.90. The van der Waals surface area contributed by atoms with Crippen molar-refractivity contribution in [2.45, 2.75) is 12.5 Å². The molecule has 7 heavy (non-hydrogen) atoms. The van der Waals surface area contributed by atoms with Gasteiger partial charge in [0.15, 0.2) is 5.56 Å². The molecule has 0 amide bonds. The van der Waals surface area contributed by atoms with Crippen LogP contribution in [-0.2, 0) is 9.78 Å². The summed E-state index contributed by atoms with van der Waals surface area (Å²) in [6.45, 7) is 4.87. The molecule has 0 aromatic carbocycles. The van der Waals surface area contributed by atoms with E-state index in [1.807, 2.05) is 0 Å². The van der Waals surface area contributed by atoms with E-state index in [9.17, 15) is 0 Å². The van der Waals surface area contributed by atoms with Gasteiger partial charge in [-0.3, -0.25) is 0 Å². The number of hydrogen-bond donors (Lipinski definition) is 0. The molecular weight excluding hydrogens is 115 g/mol. The topological polar surface area (TPSA) is 18.5 Å². The maximum Gasteiger partial charge on any atom is 0.175 e. The largest absolute Gasteiger partial charge is 0.345 e. The molecule has 1 unspecified atom stereocenters. The van der Waals surface area contributed by atoms with Gasteiger partial charge in [0.1, 0.15) is 6.26 Å². The lowest BCUT2D eigenvalue weighted by atomic mass is 10.9. The molecule has 0 aliphatic carbocycles. The molecule has 0 aromatic heterocycles. The fraction of sp³-hybridized carbons (Fsp3) is 0.500. The molecule has 0 spiro atoms. The van der Waals surface area contributed by atoms with Crippen LogP contribution in [-0.4, -0.2) is 5.56 Å². The van der Waals surface area contributed by atoms with Crippen LogP contribution < -0.4 is 0 Å². The fourth-order valence-corrected chi connectivity index (χ4v) is 0.158. The van der Waals surface area contributed by atoms with Gasteiger partial charge >= 0.3 is 0 Å². The summed E-state index contributed by atoms with van der Waals surface area (Å²) in [7, 11) is 0. The minimum atomic E-state index is -0.419. The highest BCUT2D eigenvalue weighted by Crippen LogP contribution is 1.94. The molecule has 2 nitrogen and oxygen atoms in total. The first kappa shape index (κ1) is 6.79. The summed E-state index contributed by atoms with van der Waals surface area (Å²) in [5.74, 6) is 0. The van der Waals surface area contributed by atoms with E-state index in [-0.39, 0.29) is 0 Å². The Bertz CT molecular complexity index is 53.7. The van der Waals surface area contributed by atoms with Crippen LogP contribution in [0.5, 0.6) is 0 Å². The Labute approximate surface area is 47.6 Å². The minimum Gasteiger partial charge on any atom is -0.345 e. The van der Waals surface area contributed by atoms with Crippen molar-refractivity contribution in [2.75, 3.05) is 0 Å². The highest BCUT2D eigenvalue weighted by molar-refractivity contribution is 6.19. The van der Waals surface area contributed by atoms with Crippen LogP contribution in [0.3, 0.4) is 0 Å². The first-order valence-electron chi connectivity index (χ1n) is 1.84. The number of alkyl halides is 1. The Morgan fingerprint density at radius 3 is 2.57 bits per heavy atom. The molecule has 0 bridgehead atoms. The van der Waals surface area contributed by atoms with Gasteiger partial charge in [0.25, 0.3) is 0 Å². The quantitative estimate of drug-likeness (QED) is 0.245. The van der Waals surface area contributed by atoms with Crippen molar-refractivity contribution in [1.82, 2.24) is 0 Å². The molecule has 1 atom stereocenters. The van der Waals surface area contributed by atoms with E-state index in [0.717, 1.165) is 0 Å². The summed E-state index contributed by atoms with van der Waals surface area (Å²) < 4.78 is 0. The van der Waals surface area contributed by atoms with Crippen LogP contribution in [0.1, 0.15) is 6.92 Å². The lowest BCUT2D eigenvalue weighted by Gasteiger charge is -1.98. The Morgan fingerprint density at radius 1 is 1.86 bits per heavy atom. The number of hydrogen-bond acceptors (Lipinski definition) is 2. The second-order valence-electron chi connectivity index (χ2n) is 0.902. The summed E-state index contributed by atoms with van der Waals surface area (Å²) in [6.07, 6.45) is 1.17. The van der Waals surface area contributed by atoms with Crippen molar-refractivity contribution in [3.8, 4) is 0 Å². The van der Waals surface area contributed by atoms with Crippen LogP contribution in [0.4, 0.5) is 0 Å². The van der Waals surface area contributed by atoms with Gasteiger partial charge in [-0.15, -0.1) is 0 Å². The maximum absolute atomic E-state index is 5.26. The minimum absolute atomic E-state index is 0.419. The van der Waals surface area contributed by atoms with Gasteiger partial charge in [-0.1, -0.05) is 18.2 Å². The van der Waals surface area contributed by atoms with Crippen LogP contribution in [0, 0.1) is 0 Å². The van der Waals surface area contributed by atoms with Gasteiger partial charge in [0.05, 0.1) is 0 Å². The SMILES string of the molecule is C=COOC(C)Cl.